The van der Waals surface area contributed by atoms with E-state index >= 15 is 0 Å². The van der Waals surface area contributed by atoms with Crippen molar-refractivity contribution in [1.29, 1.82) is 0 Å². The number of anilines is 1. The normalized spacial score (nSPS) is 16.2. The second-order valence-corrected chi connectivity index (χ2v) is 7.00. The molecule has 0 unspecified atom stereocenters. The SMILES string of the molecule is CC(C)(C)C(=O)ON1CC(C(=O)Nc2ccccc2Br)C1. The fraction of sp³-hybridized carbons (Fsp3) is 0.467. The van der Waals surface area contributed by atoms with Crippen molar-refractivity contribution in [2.45, 2.75) is 20.8 Å². The highest BCUT2D eigenvalue weighted by Crippen LogP contribution is 2.25. The van der Waals surface area contributed by atoms with E-state index in [2.05, 4.69) is 21.2 Å². The van der Waals surface area contributed by atoms with E-state index in [4.69, 9.17) is 4.84 Å². The molecule has 0 aliphatic carbocycles. The van der Waals surface area contributed by atoms with Crippen LogP contribution in [0.15, 0.2) is 28.7 Å². The summed E-state index contributed by atoms with van der Waals surface area (Å²) in [5.74, 6) is -0.512. The number of carbonyl (C=O) groups is 2. The molecular weight excluding hydrogens is 336 g/mol. The zero-order valence-electron chi connectivity index (χ0n) is 12.4. The molecule has 1 aromatic rings. The summed E-state index contributed by atoms with van der Waals surface area (Å²) in [4.78, 5) is 29.0. The fourth-order valence-electron chi connectivity index (χ4n) is 1.73. The number of benzene rings is 1. The first-order chi connectivity index (χ1) is 9.77. The topological polar surface area (TPSA) is 58.6 Å². The Morgan fingerprint density at radius 2 is 1.90 bits per heavy atom. The molecule has 1 aliphatic heterocycles. The van der Waals surface area contributed by atoms with Crippen molar-refractivity contribution < 1.29 is 14.4 Å². The largest absolute Gasteiger partial charge is 0.367 e. The molecule has 1 amide bonds. The van der Waals surface area contributed by atoms with Gasteiger partial charge in [0.2, 0.25) is 5.91 Å². The summed E-state index contributed by atoms with van der Waals surface area (Å²) in [7, 11) is 0. The van der Waals surface area contributed by atoms with Crippen LogP contribution in [0.2, 0.25) is 0 Å². The monoisotopic (exact) mass is 354 g/mol. The van der Waals surface area contributed by atoms with Gasteiger partial charge in [-0.2, -0.15) is 0 Å². The Morgan fingerprint density at radius 1 is 1.29 bits per heavy atom. The molecule has 6 heteroatoms. The van der Waals surface area contributed by atoms with Crippen molar-refractivity contribution in [3.05, 3.63) is 28.7 Å². The average molecular weight is 355 g/mol. The molecule has 1 saturated heterocycles. The van der Waals surface area contributed by atoms with E-state index in [0.29, 0.717) is 13.1 Å². The van der Waals surface area contributed by atoms with Gasteiger partial charge in [-0.3, -0.25) is 4.79 Å². The lowest BCUT2D eigenvalue weighted by atomic mass is 9.97. The molecule has 5 nitrogen and oxygen atoms in total. The van der Waals surface area contributed by atoms with Gasteiger partial charge in [-0.1, -0.05) is 12.1 Å². The number of hydroxylamine groups is 2. The van der Waals surface area contributed by atoms with Gasteiger partial charge in [0.05, 0.1) is 17.0 Å². The van der Waals surface area contributed by atoms with Gasteiger partial charge in [0.25, 0.3) is 0 Å². The highest BCUT2D eigenvalue weighted by atomic mass is 79.9. The maximum atomic E-state index is 12.1. The minimum absolute atomic E-state index is 0.0649. The molecule has 0 saturated carbocycles. The number of amides is 1. The smallest absolute Gasteiger partial charge is 0.330 e. The van der Waals surface area contributed by atoms with Gasteiger partial charge in [0.15, 0.2) is 0 Å². The molecular formula is C15H19BrN2O3. The number of para-hydroxylation sites is 1. The molecule has 21 heavy (non-hydrogen) atoms. The Bertz CT molecular complexity index is 548. The lowest BCUT2D eigenvalue weighted by Gasteiger charge is -2.37. The second kappa shape index (κ2) is 6.15. The predicted molar refractivity (Wildman–Crippen MR) is 83.4 cm³/mol. The van der Waals surface area contributed by atoms with Crippen LogP contribution in [0.5, 0.6) is 0 Å². The van der Waals surface area contributed by atoms with Gasteiger partial charge in [-0.15, -0.1) is 5.06 Å². The zero-order chi connectivity index (χ0) is 15.6. The molecule has 0 atom stereocenters. The van der Waals surface area contributed by atoms with Crippen molar-refractivity contribution in [2.75, 3.05) is 18.4 Å². The highest BCUT2D eigenvalue weighted by Gasteiger charge is 2.37. The molecule has 1 N–H and O–H groups in total. The van der Waals surface area contributed by atoms with Gasteiger partial charge < -0.3 is 10.2 Å². The summed E-state index contributed by atoms with van der Waals surface area (Å²) in [5, 5.41) is 4.39. The number of nitrogens with zero attached hydrogens (tertiary/aromatic N) is 1. The second-order valence-electron chi connectivity index (χ2n) is 6.14. The van der Waals surface area contributed by atoms with E-state index in [-0.39, 0.29) is 17.8 Å². The van der Waals surface area contributed by atoms with Crippen LogP contribution in [-0.4, -0.2) is 30.0 Å². The molecule has 1 aromatic carbocycles. The minimum atomic E-state index is -0.539. The van der Waals surface area contributed by atoms with Crippen LogP contribution < -0.4 is 5.32 Å². The predicted octanol–water partition coefficient (Wildman–Crippen LogP) is 2.82. The fourth-order valence-corrected chi connectivity index (χ4v) is 2.11. The highest BCUT2D eigenvalue weighted by molar-refractivity contribution is 9.10. The quantitative estimate of drug-likeness (QED) is 0.906. The van der Waals surface area contributed by atoms with Crippen molar-refractivity contribution in [2.24, 2.45) is 11.3 Å². The Labute approximate surface area is 132 Å². The lowest BCUT2D eigenvalue weighted by molar-refractivity contribution is -0.227. The third-order valence-electron chi connectivity index (χ3n) is 3.17. The first-order valence-electron chi connectivity index (χ1n) is 6.80. The summed E-state index contributed by atoms with van der Waals surface area (Å²) in [6.45, 7) is 6.25. The third kappa shape index (κ3) is 4.04. The molecule has 0 spiro atoms. The number of carbonyl (C=O) groups excluding carboxylic acids is 2. The number of rotatable bonds is 3. The van der Waals surface area contributed by atoms with Crippen molar-refractivity contribution in [1.82, 2.24) is 5.06 Å². The summed E-state index contributed by atoms with van der Waals surface area (Å²) in [5.41, 5.74) is 0.204. The Hall–Kier alpha value is -1.40. The van der Waals surface area contributed by atoms with E-state index in [1.807, 2.05) is 24.3 Å². The Morgan fingerprint density at radius 3 is 2.48 bits per heavy atom. The maximum absolute atomic E-state index is 12.1. The van der Waals surface area contributed by atoms with Crippen LogP contribution in [0.4, 0.5) is 5.69 Å². The van der Waals surface area contributed by atoms with Gasteiger partial charge in [-0.05, 0) is 48.8 Å². The summed E-state index contributed by atoms with van der Waals surface area (Å²) in [6, 6.07) is 7.45. The van der Waals surface area contributed by atoms with E-state index in [0.717, 1.165) is 10.2 Å². The number of hydrogen-bond acceptors (Lipinski definition) is 4. The maximum Gasteiger partial charge on any atom is 0.330 e. The average Bonchev–Trinajstić information content (AvgIpc) is 2.34. The van der Waals surface area contributed by atoms with Crippen LogP contribution in [0.25, 0.3) is 0 Å². The third-order valence-corrected chi connectivity index (χ3v) is 3.87. The van der Waals surface area contributed by atoms with Crippen molar-refractivity contribution in [3.8, 4) is 0 Å². The van der Waals surface area contributed by atoms with Crippen LogP contribution >= 0.6 is 15.9 Å². The van der Waals surface area contributed by atoms with E-state index in [1.54, 1.807) is 20.8 Å². The molecule has 0 bridgehead atoms. The Balaban J connectivity index is 1.81. The first-order valence-corrected chi connectivity index (χ1v) is 7.59. The van der Waals surface area contributed by atoms with Gasteiger partial charge in [0.1, 0.15) is 0 Å². The van der Waals surface area contributed by atoms with Crippen LogP contribution in [0.3, 0.4) is 0 Å². The first kappa shape index (κ1) is 16.0. The minimum Gasteiger partial charge on any atom is -0.367 e. The van der Waals surface area contributed by atoms with Crippen LogP contribution in [-0.2, 0) is 14.4 Å². The summed E-state index contributed by atoms with van der Waals surface area (Å²) in [6.07, 6.45) is 0. The van der Waals surface area contributed by atoms with E-state index in [9.17, 15) is 9.59 Å². The zero-order valence-corrected chi connectivity index (χ0v) is 13.9. The van der Waals surface area contributed by atoms with E-state index in [1.165, 1.54) is 5.06 Å². The van der Waals surface area contributed by atoms with Crippen molar-refractivity contribution >= 4 is 33.5 Å². The van der Waals surface area contributed by atoms with Gasteiger partial charge >= 0.3 is 5.97 Å². The van der Waals surface area contributed by atoms with E-state index < -0.39 is 5.41 Å². The molecule has 2 rings (SSSR count). The molecule has 0 aromatic heterocycles. The van der Waals surface area contributed by atoms with Gasteiger partial charge in [-0.25, -0.2) is 4.79 Å². The standard InChI is InChI=1S/C15H19BrN2O3/c1-15(2,3)14(20)21-18-8-10(9-18)13(19)17-12-7-5-4-6-11(12)16/h4-7,10H,8-9H2,1-3H3,(H,17,19). The summed E-state index contributed by atoms with van der Waals surface area (Å²) >= 11 is 3.39. The molecule has 114 valence electrons. The Kier molecular flexibility index (Phi) is 4.68. The van der Waals surface area contributed by atoms with Gasteiger partial charge in [0, 0.05) is 17.6 Å². The number of halogens is 1. The van der Waals surface area contributed by atoms with Crippen LogP contribution in [0.1, 0.15) is 20.8 Å². The molecule has 1 heterocycles. The number of nitrogens with one attached hydrogen (secondary N) is 1. The van der Waals surface area contributed by atoms with Crippen molar-refractivity contribution in [3.63, 3.8) is 0 Å². The van der Waals surface area contributed by atoms with Crippen LogP contribution in [0, 0.1) is 11.3 Å². The molecule has 1 fully saturated rings. The lowest BCUT2D eigenvalue weighted by Crippen LogP contribution is -2.53. The summed E-state index contributed by atoms with van der Waals surface area (Å²) < 4.78 is 0.841. The molecule has 0 radical (unpaired) electrons. The molecule has 1 aliphatic rings. The number of hydrogen-bond donors (Lipinski definition) is 1.